The fraction of sp³-hybridized carbons (Fsp3) is 0.417. The van der Waals surface area contributed by atoms with E-state index in [9.17, 15) is 9.59 Å². The number of nitrogens with one attached hydrogen (secondary N) is 1. The summed E-state index contributed by atoms with van der Waals surface area (Å²) in [4.78, 5) is 27.7. The number of methoxy groups -OCH3 is 1. The lowest BCUT2D eigenvalue weighted by Crippen LogP contribution is -2.49. The van der Waals surface area contributed by atoms with Gasteiger partial charge in [0, 0.05) is 13.1 Å². The molecule has 0 aliphatic heterocycles. The van der Waals surface area contributed by atoms with Gasteiger partial charge >= 0.3 is 0 Å². The van der Waals surface area contributed by atoms with Crippen molar-refractivity contribution in [3.05, 3.63) is 65.2 Å². The van der Waals surface area contributed by atoms with Crippen molar-refractivity contribution in [2.45, 2.75) is 52.6 Å². The van der Waals surface area contributed by atoms with Gasteiger partial charge in [0.25, 0.3) is 0 Å². The van der Waals surface area contributed by atoms with Gasteiger partial charge in [0.2, 0.25) is 11.8 Å². The molecule has 29 heavy (non-hydrogen) atoms. The zero-order chi connectivity index (χ0) is 21.2. The van der Waals surface area contributed by atoms with Crippen LogP contribution in [0.1, 0.15) is 43.4 Å². The van der Waals surface area contributed by atoms with Crippen LogP contribution in [0.5, 0.6) is 5.75 Å². The average molecular weight is 397 g/mol. The van der Waals surface area contributed by atoms with Crippen LogP contribution in [0.25, 0.3) is 0 Å². The molecule has 0 aliphatic carbocycles. The number of nitrogens with zero attached hydrogens (tertiary/aromatic N) is 1. The van der Waals surface area contributed by atoms with Crippen LogP contribution in [0.3, 0.4) is 0 Å². The van der Waals surface area contributed by atoms with Crippen molar-refractivity contribution in [3.8, 4) is 5.75 Å². The molecule has 0 radical (unpaired) electrons. The monoisotopic (exact) mass is 396 g/mol. The summed E-state index contributed by atoms with van der Waals surface area (Å²) < 4.78 is 5.19. The third-order valence-electron chi connectivity index (χ3n) is 4.92. The van der Waals surface area contributed by atoms with Gasteiger partial charge in [0.05, 0.1) is 13.5 Å². The molecule has 0 heterocycles. The molecule has 2 aromatic rings. The second-order valence-electron chi connectivity index (χ2n) is 7.25. The van der Waals surface area contributed by atoms with Crippen molar-refractivity contribution >= 4 is 11.8 Å². The minimum atomic E-state index is -0.492. The third-order valence-corrected chi connectivity index (χ3v) is 4.92. The van der Waals surface area contributed by atoms with Gasteiger partial charge in [0.1, 0.15) is 11.8 Å². The Hall–Kier alpha value is -2.82. The normalized spacial score (nSPS) is 11.6. The van der Waals surface area contributed by atoms with E-state index in [1.165, 1.54) is 0 Å². The number of hydrogen-bond acceptors (Lipinski definition) is 3. The van der Waals surface area contributed by atoms with Crippen LogP contribution in [-0.2, 0) is 22.6 Å². The molecule has 0 fully saturated rings. The fourth-order valence-electron chi connectivity index (χ4n) is 3.20. The highest BCUT2D eigenvalue weighted by atomic mass is 16.5. The van der Waals surface area contributed by atoms with Crippen molar-refractivity contribution in [3.63, 3.8) is 0 Å². The molecule has 2 aromatic carbocycles. The average Bonchev–Trinajstić information content (AvgIpc) is 2.74. The van der Waals surface area contributed by atoms with Crippen molar-refractivity contribution < 1.29 is 14.3 Å². The third kappa shape index (κ3) is 6.63. The molecule has 5 heteroatoms. The predicted molar refractivity (Wildman–Crippen MR) is 116 cm³/mol. The maximum Gasteiger partial charge on any atom is 0.242 e. The summed E-state index contributed by atoms with van der Waals surface area (Å²) >= 11 is 0. The van der Waals surface area contributed by atoms with Crippen molar-refractivity contribution in [1.29, 1.82) is 0 Å². The first-order valence-electron chi connectivity index (χ1n) is 10.2. The van der Waals surface area contributed by atoms with E-state index in [2.05, 4.69) is 5.32 Å². The number of ether oxygens (including phenoxy) is 1. The highest BCUT2D eigenvalue weighted by Crippen LogP contribution is 2.17. The predicted octanol–water partition coefficient (Wildman–Crippen LogP) is 3.88. The molecular formula is C24H32N2O3. The van der Waals surface area contributed by atoms with Crippen molar-refractivity contribution in [2.24, 2.45) is 0 Å². The number of hydrogen-bond donors (Lipinski definition) is 1. The van der Waals surface area contributed by atoms with E-state index in [1.807, 2.05) is 69.3 Å². The van der Waals surface area contributed by atoms with Gasteiger partial charge in [-0.1, -0.05) is 55.8 Å². The van der Waals surface area contributed by atoms with E-state index in [0.29, 0.717) is 19.5 Å². The number of carbonyl (C=O) groups is 2. The number of rotatable bonds is 10. The van der Waals surface area contributed by atoms with Crippen LogP contribution in [0.4, 0.5) is 0 Å². The molecule has 2 rings (SSSR count). The first-order valence-corrected chi connectivity index (χ1v) is 10.2. The van der Waals surface area contributed by atoms with Crippen molar-refractivity contribution in [2.75, 3.05) is 13.7 Å². The Bertz CT molecular complexity index is 785. The molecule has 5 nitrogen and oxygen atoms in total. The van der Waals surface area contributed by atoms with Crippen LogP contribution < -0.4 is 10.1 Å². The Morgan fingerprint density at radius 1 is 1.00 bits per heavy atom. The summed E-state index contributed by atoms with van der Waals surface area (Å²) in [5.74, 6) is 0.599. The minimum Gasteiger partial charge on any atom is -0.497 e. The second kappa shape index (κ2) is 11.2. The topological polar surface area (TPSA) is 58.6 Å². The minimum absolute atomic E-state index is 0.0609. The van der Waals surface area contributed by atoms with Gasteiger partial charge in [-0.15, -0.1) is 0 Å². The largest absolute Gasteiger partial charge is 0.497 e. The molecule has 0 aromatic heterocycles. The fourth-order valence-corrected chi connectivity index (χ4v) is 3.20. The molecule has 1 N–H and O–H groups in total. The number of carbonyl (C=O) groups excluding carboxylic acids is 2. The smallest absolute Gasteiger partial charge is 0.242 e. The van der Waals surface area contributed by atoms with Gasteiger partial charge in [-0.25, -0.2) is 0 Å². The van der Waals surface area contributed by atoms with Crippen LogP contribution in [0.2, 0.25) is 0 Å². The maximum atomic E-state index is 13.2. The lowest BCUT2D eigenvalue weighted by atomic mass is 10.1. The Labute approximate surface area is 174 Å². The number of amides is 2. The first kappa shape index (κ1) is 22.5. The Balaban J connectivity index is 2.23. The SMILES string of the molecule is CCCNC(=O)[C@@H](CC)N(Cc1ccc(C)cc1)C(=O)Cc1ccc(OC)cc1. The lowest BCUT2D eigenvalue weighted by molar-refractivity contribution is -0.140. The summed E-state index contributed by atoms with van der Waals surface area (Å²) in [5, 5.41) is 2.94. The van der Waals surface area contributed by atoms with Crippen LogP contribution in [0.15, 0.2) is 48.5 Å². The molecule has 0 aliphatic rings. The summed E-state index contributed by atoms with van der Waals surface area (Å²) in [6.07, 6.45) is 1.67. The quantitative estimate of drug-likeness (QED) is 0.663. The van der Waals surface area contributed by atoms with E-state index >= 15 is 0 Å². The maximum absolute atomic E-state index is 13.2. The molecule has 0 unspecified atom stereocenters. The number of aryl methyl sites for hydroxylation is 1. The molecule has 0 spiro atoms. The van der Waals surface area contributed by atoms with Gasteiger partial charge in [-0.2, -0.15) is 0 Å². The van der Waals surface area contributed by atoms with E-state index in [1.54, 1.807) is 12.0 Å². The molecule has 2 amide bonds. The van der Waals surface area contributed by atoms with Crippen LogP contribution in [-0.4, -0.2) is 36.4 Å². The molecule has 156 valence electrons. The highest BCUT2D eigenvalue weighted by Gasteiger charge is 2.28. The molecule has 0 saturated carbocycles. The summed E-state index contributed by atoms with van der Waals surface area (Å²) in [7, 11) is 1.62. The summed E-state index contributed by atoms with van der Waals surface area (Å²) in [5.41, 5.74) is 3.08. The van der Waals surface area contributed by atoms with Crippen molar-refractivity contribution in [1.82, 2.24) is 10.2 Å². The van der Waals surface area contributed by atoms with E-state index in [0.717, 1.165) is 28.9 Å². The molecule has 1 atom stereocenters. The zero-order valence-corrected chi connectivity index (χ0v) is 17.9. The summed E-state index contributed by atoms with van der Waals surface area (Å²) in [6, 6.07) is 15.1. The lowest BCUT2D eigenvalue weighted by Gasteiger charge is -2.31. The van der Waals surface area contributed by atoms with Crippen LogP contribution >= 0.6 is 0 Å². The van der Waals surface area contributed by atoms with E-state index in [4.69, 9.17) is 4.74 Å². The standard InChI is InChI=1S/C24H32N2O3/c1-5-15-25-24(28)22(6-2)26(17-20-9-7-18(3)8-10-20)23(27)16-19-11-13-21(29-4)14-12-19/h7-14,22H,5-6,15-17H2,1-4H3,(H,25,28)/t22-/m1/s1. The first-order chi connectivity index (χ1) is 14.0. The van der Waals surface area contributed by atoms with E-state index in [-0.39, 0.29) is 18.2 Å². The zero-order valence-electron chi connectivity index (χ0n) is 17.9. The molecule has 0 bridgehead atoms. The second-order valence-corrected chi connectivity index (χ2v) is 7.25. The Morgan fingerprint density at radius 2 is 1.62 bits per heavy atom. The number of benzene rings is 2. The molecular weight excluding hydrogens is 364 g/mol. The highest BCUT2D eigenvalue weighted by molar-refractivity contribution is 5.88. The van der Waals surface area contributed by atoms with Gasteiger partial charge < -0.3 is 15.0 Å². The Morgan fingerprint density at radius 3 is 2.17 bits per heavy atom. The molecule has 0 saturated heterocycles. The van der Waals surface area contributed by atoms with Crippen LogP contribution in [0, 0.1) is 6.92 Å². The van der Waals surface area contributed by atoms with Gasteiger partial charge in [-0.05, 0) is 43.0 Å². The van der Waals surface area contributed by atoms with Gasteiger partial charge in [-0.3, -0.25) is 9.59 Å². The Kier molecular flexibility index (Phi) is 8.71. The van der Waals surface area contributed by atoms with Gasteiger partial charge in [0.15, 0.2) is 0 Å². The van der Waals surface area contributed by atoms with E-state index < -0.39 is 6.04 Å². The summed E-state index contributed by atoms with van der Waals surface area (Å²) in [6.45, 7) is 7.01.